The van der Waals surface area contributed by atoms with E-state index in [4.69, 9.17) is 10.5 Å². The Morgan fingerprint density at radius 3 is 3.12 bits per heavy atom. The van der Waals surface area contributed by atoms with Gasteiger partial charge in [0.05, 0.1) is 24.4 Å². The molecule has 0 radical (unpaired) electrons. The summed E-state index contributed by atoms with van der Waals surface area (Å²) in [6.45, 7) is 1.15. The van der Waals surface area contributed by atoms with Gasteiger partial charge in [0.25, 0.3) is 0 Å². The van der Waals surface area contributed by atoms with Crippen molar-refractivity contribution in [2.75, 3.05) is 12.3 Å². The second kappa shape index (κ2) is 3.42. The first kappa shape index (κ1) is 9.54. The lowest BCUT2D eigenvalue weighted by molar-refractivity contribution is 0.110. The summed E-state index contributed by atoms with van der Waals surface area (Å²) in [4.78, 5) is 4.49. The van der Waals surface area contributed by atoms with E-state index in [0.29, 0.717) is 24.3 Å². The van der Waals surface area contributed by atoms with E-state index in [2.05, 4.69) is 4.98 Å². The van der Waals surface area contributed by atoms with Gasteiger partial charge in [-0.3, -0.25) is 4.98 Å². The molecular formula is C12H11FN2O. The van der Waals surface area contributed by atoms with E-state index in [0.717, 1.165) is 23.2 Å². The maximum Gasteiger partial charge on any atom is 0.124 e. The first-order valence-corrected chi connectivity index (χ1v) is 5.20. The summed E-state index contributed by atoms with van der Waals surface area (Å²) in [5.41, 5.74) is 9.25. The quantitative estimate of drug-likeness (QED) is 0.736. The SMILES string of the molecule is Nc1c2c(nc3ccc(F)cc13)CCOC2. The number of pyridine rings is 1. The molecule has 2 aromatic rings. The Morgan fingerprint density at radius 2 is 2.25 bits per heavy atom. The molecule has 0 aliphatic carbocycles. The summed E-state index contributed by atoms with van der Waals surface area (Å²) in [7, 11) is 0. The Morgan fingerprint density at radius 1 is 1.38 bits per heavy atom. The number of ether oxygens (including phenoxy) is 1. The highest BCUT2D eigenvalue weighted by Gasteiger charge is 2.16. The van der Waals surface area contributed by atoms with Crippen LogP contribution in [0.5, 0.6) is 0 Å². The number of aromatic nitrogens is 1. The van der Waals surface area contributed by atoms with Crippen molar-refractivity contribution in [3.8, 4) is 0 Å². The van der Waals surface area contributed by atoms with Crippen LogP contribution in [0.25, 0.3) is 10.9 Å². The standard InChI is InChI=1S/C12H11FN2O/c13-7-1-2-10-8(5-7)12(14)9-6-16-4-3-11(9)15-10/h1-2,5H,3-4,6H2,(H2,14,15). The molecule has 0 fully saturated rings. The Balaban J connectivity index is 2.35. The topological polar surface area (TPSA) is 48.1 Å². The van der Waals surface area contributed by atoms with Crippen molar-refractivity contribution in [1.82, 2.24) is 4.98 Å². The number of nitrogens with zero attached hydrogens (tertiary/aromatic N) is 1. The molecule has 0 unspecified atom stereocenters. The molecule has 2 N–H and O–H groups in total. The Labute approximate surface area is 92.0 Å². The lowest BCUT2D eigenvalue weighted by Crippen LogP contribution is -2.14. The van der Waals surface area contributed by atoms with Crippen molar-refractivity contribution in [3.05, 3.63) is 35.3 Å². The molecule has 1 aliphatic heterocycles. The van der Waals surface area contributed by atoms with Gasteiger partial charge in [-0.1, -0.05) is 0 Å². The van der Waals surface area contributed by atoms with Gasteiger partial charge < -0.3 is 10.5 Å². The van der Waals surface area contributed by atoms with E-state index in [9.17, 15) is 4.39 Å². The maximum absolute atomic E-state index is 13.1. The van der Waals surface area contributed by atoms with Gasteiger partial charge in [-0.2, -0.15) is 0 Å². The highest BCUT2D eigenvalue weighted by Crippen LogP contribution is 2.29. The minimum absolute atomic E-state index is 0.294. The van der Waals surface area contributed by atoms with Crippen LogP contribution in [0.2, 0.25) is 0 Å². The number of hydrogen-bond donors (Lipinski definition) is 1. The van der Waals surface area contributed by atoms with E-state index in [1.54, 1.807) is 6.07 Å². The summed E-state index contributed by atoms with van der Waals surface area (Å²) in [5, 5.41) is 0.671. The largest absolute Gasteiger partial charge is 0.398 e. The number of nitrogen functional groups attached to an aromatic ring is 1. The number of halogens is 1. The molecule has 16 heavy (non-hydrogen) atoms. The lowest BCUT2D eigenvalue weighted by Gasteiger charge is -2.18. The molecular weight excluding hydrogens is 207 g/mol. The predicted molar refractivity (Wildman–Crippen MR) is 59.5 cm³/mol. The molecule has 0 bridgehead atoms. The van der Waals surface area contributed by atoms with Gasteiger partial charge in [-0.05, 0) is 18.2 Å². The fraction of sp³-hybridized carbons (Fsp3) is 0.250. The van der Waals surface area contributed by atoms with Crippen LogP contribution in [-0.4, -0.2) is 11.6 Å². The fourth-order valence-corrected chi connectivity index (χ4v) is 2.06. The van der Waals surface area contributed by atoms with Crippen LogP contribution in [0.15, 0.2) is 18.2 Å². The average molecular weight is 218 g/mol. The molecule has 82 valence electrons. The van der Waals surface area contributed by atoms with Crippen molar-refractivity contribution in [1.29, 1.82) is 0 Å². The van der Waals surface area contributed by atoms with Crippen LogP contribution >= 0.6 is 0 Å². The normalized spacial score (nSPS) is 15.1. The number of fused-ring (bicyclic) bond motifs is 2. The smallest absolute Gasteiger partial charge is 0.124 e. The Kier molecular flexibility index (Phi) is 2.04. The molecule has 0 spiro atoms. The third kappa shape index (κ3) is 1.34. The molecule has 0 saturated heterocycles. The van der Waals surface area contributed by atoms with Gasteiger partial charge in [0.2, 0.25) is 0 Å². The van der Waals surface area contributed by atoms with Crippen LogP contribution in [0.3, 0.4) is 0 Å². The first-order valence-electron chi connectivity index (χ1n) is 5.20. The van der Waals surface area contributed by atoms with Crippen molar-refractivity contribution in [3.63, 3.8) is 0 Å². The van der Waals surface area contributed by atoms with Gasteiger partial charge in [-0.15, -0.1) is 0 Å². The minimum Gasteiger partial charge on any atom is -0.398 e. The molecule has 0 atom stereocenters. The van der Waals surface area contributed by atoms with Crippen LogP contribution in [-0.2, 0) is 17.8 Å². The van der Waals surface area contributed by atoms with Crippen LogP contribution in [0, 0.1) is 5.82 Å². The van der Waals surface area contributed by atoms with Gasteiger partial charge in [-0.25, -0.2) is 4.39 Å². The maximum atomic E-state index is 13.1. The van der Waals surface area contributed by atoms with Crippen LogP contribution < -0.4 is 5.73 Å². The third-order valence-electron chi connectivity index (χ3n) is 2.91. The molecule has 1 aromatic carbocycles. The van der Waals surface area contributed by atoms with E-state index < -0.39 is 0 Å². The molecule has 4 heteroatoms. The fourth-order valence-electron chi connectivity index (χ4n) is 2.06. The summed E-state index contributed by atoms with van der Waals surface area (Å²) >= 11 is 0. The van der Waals surface area contributed by atoms with Crippen LogP contribution in [0.4, 0.5) is 10.1 Å². The monoisotopic (exact) mass is 218 g/mol. The summed E-state index contributed by atoms with van der Waals surface area (Å²) in [6.07, 6.45) is 0.771. The molecule has 3 nitrogen and oxygen atoms in total. The van der Waals surface area contributed by atoms with E-state index in [-0.39, 0.29) is 5.82 Å². The Hall–Kier alpha value is -1.68. The molecule has 2 heterocycles. The Bertz CT molecular complexity index is 568. The van der Waals surface area contributed by atoms with Crippen molar-refractivity contribution in [2.45, 2.75) is 13.0 Å². The van der Waals surface area contributed by atoms with Gasteiger partial charge >= 0.3 is 0 Å². The van der Waals surface area contributed by atoms with Gasteiger partial charge in [0, 0.05) is 23.1 Å². The van der Waals surface area contributed by atoms with E-state index in [1.165, 1.54) is 12.1 Å². The predicted octanol–water partition coefficient (Wildman–Crippen LogP) is 2.03. The molecule has 3 rings (SSSR count). The summed E-state index contributed by atoms with van der Waals surface area (Å²) in [5.74, 6) is -0.294. The van der Waals surface area contributed by atoms with Crippen LogP contribution in [0.1, 0.15) is 11.3 Å². The first-order chi connectivity index (χ1) is 7.75. The minimum atomic E-state index is -0.294. The number of anilines is 1. The number of benzene rings is 1. The van der Waals surface area contributed by atoms with Gasteiger partial charge in [0.15, 0.2) is 0 Å². The van der Waals surface area contributed by atoms with Crippen molar-refractivity contribution < 1.29 is 9.13 Å². The molecule has 0 amide bonds. The molecule has 1 aliphatic rings. The molecule has 0 saturated carbocycles. The number of hydrogen-bond acceptors (Lipinski definition) is 3. The zero-order valence-electron chi connectivity index (χ0n) is 8.66. The zero-order chi connectivity index (χ0) is 11.1. The lowest BCUT2D eigenvalue weighted by atomic mass is 10.0. The average Bonchev–Trinajstić information content (AvgIpc) is 2.31. The van der Waals surface area contributed by atoms with Crippen molar-refractivity contribution >= 4 is 16.6 Å². The van der Waals surface area contributed by atoms with Crippen molar-refractivity contribution in [2.24, 2.45) is 0 Å². The second-order valence-electron chi connectivity index (χ2n) is 3.91. The molecule has 1 aromatic heterocycles. The summed E-state index contributed by atoms with van der Waals surface area (Å²) < 4.78 is 18.5. The number of nitrogens with two attached hydrogens (primary N) is 1. The van der Waals surface area contributed by atoms with Gasteiger partial charge in [0.1, 0.15) is 5.82 Å². The zero-order valence-corrected chi connectivity index (χ0v) is 8.66. The highest BCUT2D eigenvalue weighted by molar-refractivity contribution is 5.92. The third-order valence-corrected chi connectivity index (χ3v) is 2.91. The highest BCUT2D eigenvalue weighted by atomic mass is 19.1. The second-order valence-corrected chi connectivity index (χ2v) is 3.91. The summed E-state index contributed by atoms with van der Waals surface area (Å²) in [6, 6.07) is 4.49. The number of rotatable bonds is 0. The van der Waals surface area contributed by atoms with E-state index >= 15 is 0 Å². The van der Waals surface area contributed by atoms with E-state index in [1.807, 2.05) is 0 Å².